The average Bonchev–Trinajstić information content (AvgIpc) is 3.37. The Kier molecular flexibility index (Phi) is 11.9. The van der Waals surface area contributed by atoms with Gasteiger partial charge in [0.05, 0.1) is 10.4 Å². The first-order valence-corrected chi connectivity index (χ1v) is 14.6. The summed E-state index contributed by atoms with van der Waals surface area (Å²) in [7, 11) is 0. The molecule has 1 aromatic heterocycles. The van der Waals surface area contributed by atoms with E-state index in [0.717, 1.165) is 44.9 Å². The molecule has 0 saturated heterocycles. The molecule has 0 bridgehead atoms. The minimum absolute atomic E-state index is 0.0558. The normalized spacial score (nSPS) is 11.5. The summed E-state index contributed by atoms with van der Waals surface area (Å²) in [6.45, 7) is 9.45. The van der Waals surface area contributed by atoms with Gasteiger partial charge in [0, 0.05) is 47.5 Å². The van der Waals surface area contributed by atoms with E-state index in [4.69, 9.17) is 4.84 Å². The van der Waals surface area contributed by atoms with Crippen LogP contribution in [0.3, 0.4) is 0 Å². The molecule has 2 aromatic carbocycles. The van der Waals surface area contributed by atoms with Gasteiger partial charge in [-0.05, 0) is 61.6 Å². The number of oxime groups is 1. The van der Waals surface area contributed by atoms with Gasteiger partial charge in [-0.1, -0.05) is 64.1 Å². The Morgan fingerprint density at radius 2 is 1.55 bits per heavy atom. The molecule has 0 unspecified atom stereocenters. The Hall–Kier alpha value is -4.40. The summed E-state index contributed by atoms with van der Waals surface area (Å²) in [6, 6.07) is 11.1. The van der Waals surface area contributed by atoms with E-state index in [1.54, 1.807) is 41.1 Å². The first-order valence-electron chi connectivity index (χ1n) is 14.6. The highest BCUT2D eigenvalue weighted by Crippen LogP contribution is 2.29. The number of fused-ring (bicyclic) bond motifs is 1. The maximum absolute atomic E-state index is 13.9. The third-order valence-corrected chi connectivity index (χ3v) is 7.12. The maximum Gasteiger partial charge on any atom is 0.331 e. The Balaban J connectivity index is 2.08. The van der Waals surface area contributed by atoms with Crippen molar-refractivity contribution in [2.45, 2.75) is 85.0 Å². The van der Waals surface area contributed by atoms with E-state index in [1.807, 2.05) is 0 Å². The van der Waals surface area contributed by atoms with Gasteiger partial charge < -0.3 is 9.40 Å². The highest BCUT2D eigenvalue weighted by atomic mass is 16.7. The van der Waals surface area contributed by atoms with Crippen LogP contribution in [-0.4, -0.2) is 32.7 Å². The lowest BCUT2D eigenvalue weighted by molar-refractivity contribution is -0.384. The van der Waals surface area contributed by atoms with Crippen LogP contribution in [0, 0.1) is 10.1 Å². The molecule has 42 heavy (non-hydrogen) atoms. The second kappa shape index (κ2) is 15.6. The van der Waals surface area contributed by atoms with Gasteiger partial charge in [0.1, 0.15) is 5.71 Å². The zero-order valence-electron chi connectivity index (χ0n) is 24.7. The zero-order valence-corrected chi connectivity index (χ0v) is 24.7. The summed E-state index contributed by atoms with van der Waals surface area (Å²) < 4.78 is 1.75. The summed E-state index contributed by atoms with van der Waals surface area (Å²) in [4.78, 5) is 54.3. The molecule has 1 heterocycles. The number of aromatic nitrogens is 1. The lowest BCUT2D eigenvalue weighted by Gasteiger charge is -2.08. The van der Waals surface area contributed by atoms with E-state index >= 15 is 0 Å². The smallest absolute Gasteiger partial charge is 0.318 e. The summed E-state index contributed by atoms with van der Waals surface area (Å²) in [6.07, 6.45) is 10.3. The van der Waals surface area contributed by atoms with Crippen molar-refractivity contribution >= 4 is 39.8 Å². The van der Waals surface area contributed by atoms with Gasteiger partial charge in [-0.15, -0.1) is 0 Å². The SMILES string of the molecule is C=C(CCCCCC)C(=O)c1ccc2c(c1)c(C(=O)/C(CCCCCC)=N/OC(C)=O)cn2-c1ccc([N+](=O)[O-])cc1. The first-order chi connectivity index (χ1) is 20.2. The lowest BCUT2D eigenvalue weighted by Crippen LogP contribution is -2.16. The molecule has 0 saturated carbocycles. The van der Waals surface area contributed by atoms with E-state index in [2.05, 4.69) is 25.6 Å². The second-order valence-electron chi connectivity index (χ2n) is 10.4. The molecule has 222 valence electrons. The number of allylic oxidation sites excluding steroid dienone is 1. The number of benzene rings is 2. The fourth-order valence-electron chi connectivity index (χ4n) is 4.78. The van der Waals surface area contributed by atoms with Crippen molar-refractivity contribution in [2.24, 2.45) is 5.16 Å². The van der Waals surface area contributed by atoms with Gasteiger partial charge >= 0.3 is 5.97 Å². The summed E-state index contributed by atoms with van der Waals surface area (Å²) >= 11 is 0. The number of hydrogen-bond acceptors (Lipinski definition) is 7. The standard InChI is InChI=1S/C33H39N3O6/c1-5-7-9-11-13-23(3)32(38)25-15-20-31-28(21-25)29(22-35(31)26-16-18-27(19-17-26)36(40)41)33(39)30(34-42-24(4)37)14-12-10-8-6-2/h15-22H,3,5-14H2,1-2,4H3/b34-30+. The molecule has 0 radical (unpaired) electrons. The van der Waals surface area contributed by atoms with E-state index in [0.29, 0.717) is 47.0 Å². The number of Topliss-reactive ketones (excluding diaryl/α,β-unsaturated/α-hetero) is 2. The molecule has 0 spiro atoms. The van der Waals surface area contributed by atoms with Crippen LogP contribution in [-0.2, 0) is 9.63 Å². The molecule has 0 amide bonds. The quantitative estimate of drug-likeness (QED) is 0.0304. The van der Waals surface area contributed by atoms with E-state index in [-0.39, 0.29) is 22.7 Å². The molecular weight excluding hydrogens is 534 g/mol. The van der Waals surface area contributed by atoms with Crippen LogP contribution in [0.1, 0.15) is 106 Å². The van der Waals surface area contributed by atoms with E-state index in [1.165, 1.54) is 19.1 Å². The van der Waals surface area contributed by atoms with Crippen LogP contribution in [0.15, 0.2) is 66.0 Å². The maximum atomic E-state index is 13.9. The number of ketones is 2. The number of non-ortho nitro benzene ring substituents is 1. The van der Waals surface area contributed by atoms with Crippen LogP contribution < -0.4 is 0 Å². The largest absolute Gasteiger partial charge is 0.331 e. The number of rotatable bonds is 17. The Morgan fingerprint density at radius 1 is 0.905 bits per heavy atom. The van der Waals surface area contributed by atoms with Crippen LogP contribution in [0.25, 0.3) is 16.6 Å². The molecule has 9 nitrogen and oxygen atoms in total. The molecule has 0 aliphatic heterocycles. The summed E-state index contributed by atoms with van der Waals surface area (Å²) in [5, 5.41) is 15.6. The highest BCUT2D eigenvalue weighted by Gasteiger charge is 2.23. The number of hydrogen-bond donors (Lipinski definition) is 0. The minimum Gasteiger partial charge on any atom is -0.318 e. The topological polar surface area (TPSA) is 121 Å². The van der Waals surface area contributed by atoms with Crippen LogP contribution in [0.4, 0.5) is 5.69 Å². The van der Waals surface area contributed by atoms with Gasteiger partial charge in [0.2, 0.25) is 5.78 Å². The van der Waals surface area contributed by atoms with Crippen LogP contribution in [0.5, 0.6) is 0 Å². The molecular formula is C33H39N3O6. The third-order valence-electron chi connectivity index (χ3n) is 7.12. The molecule has 0 aliphatic carbocycles. The number of nitro groups is 1. The predicted molar refractivity (Wildman–Crippen MR) is 164 cm³/mol. The van der Waals surface area contributed by atoms with Crippen molar-refractivity contribution in [2.75, 3.05) is 0 Å². The Bertz CT molecular complexity index is 1480. The fraction of sp³-hybridized carbons (Fsp3) is 0.394. The molecule has 3 rings (SSSR count). The lowest BCUT2D eigenvalue weighted by atomic mass is 9.96. The molecule has 0 atom stereocenters. The zero-order chi connectivity index (χ0) is 30.6. The van der Waals surface area contributed by atoms with Crippen molar-refractivity contribution in [1.82, 2.24) is 4.57 Å². The minimum atomic E-state index is -0.632. The summed E-state index contributed by atoms with van der Waals surface area (Å²) in [5.41, 5.74) is 2.51. The molecule has 0 fully saturated rings. The van der Waals surface area contributed by atoms with E-state index in [9.17, 15) is 24.5 Å². The second-order valence-corrected chi connectivity index (χ2v) is 10.4. The van der Waals surface area contributed by atoms with Crippen molar-refractivity contribution in [3.63, 3.8) is 0 Å². The van der Waals surface area contributed by atoms with Crippen LogP contribution in [0.2, 0.25) is 0 Å². The first kappa shape index (κ1) is 32.1. The Labute approximate surface area is 246 Å². The van der Waals surface area contributed by atoms with Gasteiger partial charge in [0.15, 0.2) is 5.78 Å². The van der Waals surface area contributed by atoms with Crippen molar-refractivity contribution in [1.29, 1.82) is 0 Å². The monoisotopic (exact) mass is 573 g/mol. The molecule has 0 N–H and O–H groups in total. The summed E-state index contributed by atoms with van der Waals surface area (Å²) in [5.74, 6) is -1.22. The molecule has 3 aromatic rings. The van der Waals surface area contributed by atoms with Crippen molar-refractivity contribution < 1.29 is 24.1 Å². The van der Waals surface area contributed by atoms with Gasteiger partial charge in [0.25, 0.3) is 5.69 Å². The predicted octanol–water partition coefficient (Wildman–Crippen LogP) is 8.32. The molecule has 0 aliphatic rings. The van der Waals surface area contributed by atoms with Crippen molar-refractivity contribution in [3.8, 4) is 5.69 Å². The van der Waals surface area contributed by atoms with Crippen LogP contribution >= 0.6 is 0 Å². The number of carbonyl (C=O) groups excluding carboxylic acids is 3. The van der Waals surface area contributed by atoms with Gasteiger partial charge in [-0.2, -0.15) is 0 Å². The number of nitro benzene ring substituents is 1. The Morgan fingerprint density at radius 3 is 2.14 bits per heavy atom. The van der Waals surface area contributed by atoms with Gasteiger partial charge in [-0.3, -0.25) is 19.7 Å². The van der Waals surface area contributed by atoms with Gasteiger partial charge in [-0.25, -0.2) is 4.79 Å². The van der Waals surface area contributed by atoms with E-state index < -0.39 is 16.7 Å². The number of nitrogens with zero attached hydrogens (tertiary/aromatic N) is 3. The fourth-order valence-corrected chi connectivity index (χ4v) is 4.78. The molecule has 9 heteroatoms. The number of unbranched alkanes of at least 4 members (excludes halogenated alkanes) is 6. The average molecular weight is 574 g/mol. The van der Waals surface area contributed by atoms with Crippen molar-refractivity contribution in [3.05, 3.63) is 82.1 Å². The highest BCUT2D eigenvalue weighted by molar-refractivity contribution is 6.48. The third kappa shape index (κ3) is 8.31. The number of carbonyl (C=O) groups is 3.